The number of nitrogens with zero attached hydrogens (tertiary/aromatic N) is 3. The molecule has 0 aliphatic rings. The van der Waals surface area contributed by atoms with Gasteiger partial charge in [0.05, 0.1) is 28.0 Å². The molecule has 2 aromatic heterocycles. The summed E-state index contributed by atoms with van der Waals surface area (Å²) in [7, 11) is 0. The number of fused-ring (bicyclic) bond motifs is 1. The van der Waals surface area contributed by atoms with E-state index in [4.69, 9.17) is 26.4 Å². The molecule has 9 aromatic rings. The number of hydrogen-bond donors (Lipinski definition) is 1. The molecule has 0 aliphatic heterocycles. The normalized spacial score (nSPS) is 15.7. The minimum absolute atomic E-state index is 0.0000683. The number of imidazole rings is 1. The van der Waals surface area contributed by atoms with Crippen molar-refractivity contribution in [1.29, 1.82) is 0 Å². The van der Waals surface area contributed by atoms with Crippen LogP contribution in [0, 0.1) is 6.85 Å². The van der Waals surface area contributed by atoms with E-state index >= 15 is 0 Å². The molecule has 0 fully saturated rings. The average molecular weight is 862 g/mol. The van der Waals surface area contributed by atoms with Gasteiger partial charge in [-0.3, -0.25) is 9.55 Å². The molecule has 0 bridgehead atoms. The summed E-state index contributed by atoms with van der Waals surface area (Å²) >= 11 is 0. The van der Waals surface area contributed by atoms with Gasteiger partial charge in [0.25, 0.3) is 0 Å². The lowest BCUT2D eigenvalue weighted by molar-refractivity contribution is 0.446. The van der Waals surface area contributed by atoms with E-state index < -0.39 is 49.2 Å². The standard InChI is InChI=1S/C61H59N3O/c1-39-24-26-41(27-25-39)43-30-31-62-53(35-43)46-33-44(40-18-13-11-14-19-40)32-45(34-46)49-22-17-23-55-56(49)63-58(51-37-48(60(5,6)7)38-52(57(51)65)61(8,9)10)64(55)54-29-28-47(59(2,3)4)36-50(54)42-20-15-12-16-21-42/h11-38,65H,1-10H3/i1D3,2D3,3D3,4D3. The van der Waals surface area contributed by atoms with Crippen molar-refractivity contribution >= 4 is 11.0 Å². The minimum Gasteiger partial charge on any atom is -0.507 e. The summed E-state index contributed by atoms with van der Waals surface area (Å²) in [6.07, 6.45) is 1.73. The number of hydrogen-bond acceptors (Lipinski definition) is 3. The van der Waals surface area contributed by atoms with E-state index in [0.29, 0.717) is 56.1 Å². The maximum atomic E-state index is 12.7. The predicted octanol–water partition coefficient (Wildman–Crippen LogP) is 16.3. The van der Waals surface area contributed by atoms with Crippen molar-refractivity contribution in [2.75, 3.05) is 0 Å². The molecule has 0 radical (unpaired) electrons. The Balaban J connectivity index is 1.38. The molecule has 0 saturated carbocycles. The van der Waals surface area contributed by atoms with Crippen LogP contribution in [0.25, 0.3) is 83.9 Å². The fourth-order valence-corrected chi connectivity index (χ4v) is 8.54. The molecule has 0 atom stereocenters. The number of pyridine rings is 1. The Morgan fingerprint density at radius 1 is 0.492 bits per heavy atom. The van der Waals surface area contributed by atoms with Gasteiger partial charge in [0.1, 0.15) is 11.6 Å². The zero-order chi connectivity index (χ0) is 55.8. The average Bonchev–Trinajstić information content (AvgIpc) is 3.78. The van der Waals surface area contributed by atoms with Crippen LogP contribution < -0.4 is 0 Å². The zero-order valence-corrected chi connectivity index (χ0v) is 37.5. The number of aryl methyl sites for hydroxylation is 1. The van der Waals surface area contributed by atoms with Crippen molar-refractivity contribution in [3.05, 3.63) is 192 Å². The van der Waals surface area contributed by atoms with Crippen LogP contribution in [0.2, 0.25) is 0 Å². The Hall–Kier alpha value is -7.04. The summed E-state index contributed by atoms with van der Waals surface area (Å²) in [5.41, 5.74) is 6.41. The van der Waals surface area contributed by atoms with Crippen LogP contribution in [0.3, 0.4) is 0 Å². The van der Waals surface area contributed by atoms with Gasteiger partial charge in [0.15, 0.2) is 0 Å². The van der Waals surface area contributed by atoms with E-state index in [1.807, 2.05) is 110 Å². The molecular formula is C61H59N3O. The minimum atomic E-state index is -3.51. The molecule has 65 heavy (non-hydrogen) atoms. The number of aromatic nitrogens is 3. The molecule has 4 heteroatoms. The van der Waals surface area contributed by atoms with E-state index in [2.05, 4.69) is 32.9 Å². The number of benzene rings is 7. The summed E-state index contributed by atoms with van der Waals surface area (Å²) in [4.78, 5) is 10.4. The molecule has 0 amide bonds. The SMILES string of the molecule is [2H]C([2H])([2H])c1ccc(-c2ccnc(-c3cc(-c4ccccc4)cc(-c4cccc5c4nc(-c4cc(C(C)(C)C)cc(C(C)(C)C)c4O)n5-c4ccc(C(C([2H])([2H])[2H])(C([2H])([2H])[2H])C([2H])([2H])[2H])cc4-c4ccccc4)c3)c2)cc1. The van der Waals surface area contributed by atoms with Gasteiger partial charge < -0.3 is 5.11 Å². The molecule has 2 heterocycles. The van der Waals surface area contributed by atoms with Gasteiger partial charge in [-0.15, -0.1) is 0 Å². The number of phenols is 1. The van der Waals surface area contributed by atoms with Crippen molar-refractivity contribution in [3.63, 3.8) is 0 Å². The molecule has 0 unspecified atom stereocenters. The van der Waals surface area contributed by atoms with Gasteiger partial charge in [-0.1, -0.05) is 177 Å². The summed E-state index contributed by atoms with van der Waals surface area (Å²) < 4.78 is 103. The molecule has 9 rings (SSSR count). The first kappa shape index (κ1) is 30.9. The molecule has 0 aliphatic carbocycles. The first-order valence-corrected chi connectivity index (χ1v) is 21.8. The van der Waals surface area contributed by atoms with Gasteiger partial charge in [0.2, 0.25) is 0 Å². The summed E-state index contributed by atoms with van der Waals surface area (Å²) in [5.74, 6) is 0.318. The first-order chi connectivity index (χ1) is 35.9. The molecule has 4 nitrogen and oxygen atoms in total. The highest BCUT2D eigenvalue weighted by atomic mass is 16.3. The number of phenolic OH excluding ortho intramolecular Hbond substituents is 1. The van der Waals surface area contributed by atoms with E-state index in [1.54, 1.807) is 60.8 Å². The molecule has 7 aromatic carbocycles. The fraction of sp³-hybridized carbons (Fsp3) is 0.213. The van der Waals surface area contributed by atoms with Gasteiger partial charge in [-0.25, -0.2) is 4.98 Å². The molecule has 0 spiro atoms. The Labute approximate surface area is 402 Å². The van der Waals surface area contributed by atoms with E-state index in [-0.39, 0.29) is 11.3 Å². The molecular weight excluding hydrogens is 791 g/mol. The van der Waals surface area contributed by atoms with Crippen LogP contribution in [0.4, 0.5) is 0 Å². The van der Waals surface area contributed by atoms with Gasteiger partial charge >= 0.3 is 0 Å². The van der Waals surface area contributed by atoms with E-state index in [1.165, 1.54) is 12.1 Å². The highest BCUT2D eigenvalue weighted by molar-refractivity contribution is 5.98. The van der Waals surface area contributed by atoms with Crippen LogP contribution in [0.5, 0.6) is 5.75 Å². The zero-order valence-electron chi connectivity index (χ0n) is 49.5. The highest BCUT2D eigenvalue weighted by Crippen LogP contribution is 2.46. The van der Waals surface area contributed by atoms with Crippen LogP contribution in [0.15, 0.2) is 170 Å². The Kier molecular flexibility index (Phi) is 7.86. The van der Waals surface area contributed by atoms with E-state index in [0.717, 1.165) is 38.9 Å². The number of aromatic hydroxyl groups is 1. The lowest BCUT2D eigenvalue weighted by Gasteiger charge is -2.28. The van der Waals surface area contributed by atoms with Crippen LogP contribution in [-0.4, -0.2) is 19.6 Å². The number of rotatable bonds is 7. The maximum absolute atomic E-state index is 12.7. The largest absolute Gasteiger partial charge is 0.507 e. The van der Waals surface area contributed by atoms with Gasteiger partial charge in [0, 0.05) is 44.9 Å². The summed E-state index contributed by atoms with van der Waals surface area (Å²) in [6.45, 7) is -0.436. The van der Waals surface area contributed by atoms with Crippen molar-refractivity contribution in [2.45, 2.75) is 85.2 Å². The Bertz CT molecular complexity index is 3620. The van der Waals surface area contributed by atoms with Crippen LogP contribution in [-0.2, 0) is 16.2 Å². The van der Waals surface area contributed by atoms with Gasteiger partial charge in [-0.05, 0) is 122 Å². The second kappa shape index (κ2) is 16.5. The van der Waals surface area contributed by atoms with Crippen molar-refractivity contribution in [1.82, 2.24) is 14.5 Å². The smallest absolute Gasteiger partial charge is 0.149 e. The van der Waals surface area contributed by atoms with Crippen LogP contribution in [0.1, 0.15) is 101 Å². The first-order valence-electron chi connectivity index (χ1n) is 27.8. The second-order valence-corrected chi connectivity index (χ2v) is 18.9. The Morgan fingerprint density at radius 2 is 1.15 bits per heavy atom. The molecule has 0 saturated heterocycles. The van der Waals surface area contributed by atoms with Crippen LogP contribution >= 0.6 is 0 Å². The number of para-hydroxylation sites is 1. The molecule has 324 valence electrons. The van der Waals surface area contributed by atoms with Gasteiger partial charge in [-0.2, -0.15) is 0 Å². The Morgan fingerprint density at radius 3 is 1.83 bits per heavy atom. The quantitative estimate of drug-likeness (QED) is 0.174. The van der Waals surface area contributed by atoms with E-state index in [9.17, 15) is 5.11 Å². The second-order valence-electron chi connectivity index (χ2n) is 18.9. The van der Waals surface area contributed by atoms with Crippen molar-refractivity contribution in [2.24, 2.45) is 0 Å². The van der Waals surface area contributed by atoms with Crippen molar-refractivity contribution < 1.29 is 21.6 Å². The van der Waals surface area contributed by atoms with Crippen molar-refractivity contribution in [3.8, 4) is 78.6 Å². The lowest BCUT2D eigenvalue weighted by Crippen LogP contribution is -2.17. The molecule has 1 N–H and O–H groups in total. The maximum Gasteiger partial charge on any atom is 0.149 e. The topological polar surface area (TPSA) is 50.9 Å². The fourth-order valence-electron chi connectivity index (χ4n) is 8.54. The summed E-state index contributed by atoms with van der Waals surface area (Å²) in [6, 6.07) is 49.7. The third-order valence-electron chi connectivity index (χ3n) is 12.1. The monoisotopic (exact) mass is 862 g/mol. The lowest BCUT2D eigenvalue weighted by atomic mass is 9.79. The third-order valence-corrected chi connectivity index (χ3v) is 12.1. The highest BCUT2D eigenvalue weighted by Gasteiger charge is 2.30. The predicted molar refractivity (Wildman–Crippen MR) is 274 cm³/mol. The summed E-state index contributed by atoms with van der Waals surface area (Å²) in [5, 5.41) is 12.7. The third kappa shape index (κ3) is 8.54.